The van der Waals surface area contributed by atoms with Crippen molar-refractivity contribution in [2.24, 2.45) is 5.92 Å². The van der Waals surface area contributed by atoms with Gasteiger partial charge in [-0.2, -0.15) is 0 Å². The molecule has 2 amide bonds. The van der Waals surface area contributed by atoms with Crippen molar-refractivity contribution >= 4 is 11.8 Å². The first-order valence-electron chi connectivity index (χ1n) is 7.88. The summed E-state index contributed by atoms with van der Waals surface area (Å²) in [6.45, 7) is 3.34. The van der Waals surface area contributed by atoms with Gasteiger partial charge in [-0.3, -0.25) is 9.59 Å². The van der Waals surface area contributed by atoms with Crippen molar-refractivity contribution in [2.45, 2.75) is 32.3 Å². The van der Waals surface area contributed by atoms with E-state index in [1.807, 2.05) is 18.2 Å². The molecule has 1 heterocycles. The summed E-state index contributed by atoms with van der Waals surface area (Å²) >= 11 is 0. The Hall–Kier alpha value is -1.88. The van der Waals surface area contributed by atoms with E-state index in [-0.39, 0.29) is 17.7 Å². The molecule has 5 nitrogen and oxygen atoms in total. The Morgan fingerprint density at radius 3 is 2.77 bits per heavy atom. The van der Waals surface area contributed by atoms with Crippen LogP contribution in [0.3, 0.4) is 0 Å². The number of carbonyl (C=O) groups excluding carboxylic acids is 2. The number of nitrogens with zero attached hydrogens (tertiary/aromatic N) is 1. The van der Waals surface area contributed by atoms with Crippen molar-refractivity contribution in [3.05, 3.63) is 35.9 Å². The van der Waals surface area contributed by atoms with Crippen LogP contribution in [-0.4, -0.2) is 47.6 Å². The Labute approximate surface area is 131 Å². The molecule has 120 valence electrons. The summed E-state index contributed by atoms with van der Waals surface area (Å²) in [7, 11) is 0. The van der Waals surface area contributed by atoms with Crippen molar-refractivity contribution in [1.82, 2.24) is 10.2 Å². The van der Waals surface area contributed by atoms with Gasteiger partial charge in [-0.05, 0) is 38.3 Å². The molecule has 0 saturated carbocycles. The number of aliphatic hydroxyl groups is 1. The number of aliphatic hydroxyl groups excluding tert-OH is 1. The van der Waals surface area contributed by atoms with Crippen molar-refractivity contribution in [3.63, 3.8) is 0 Å². The summed E-state index contributed by atoms with van der Waals surface area (Å²) in [4.78, 5) is 26.3. The van der Waals surface area contributed by atoms with Crippen molar-refractivity contribution < 1.29 is 14.7 Å². The van der Waals surface area contributed by atoms with Gasteiger partial charge in [-0.1, -0.05) is 18.2 Å². The fourth-order valence-electron chi connectivity index (χ4n) is 2.69. The quantitative estimate of drug-likeness (QED) is 0.864. The summed E-state index contributed by atoms with van der Waals surface area (Å²) in [5.74, 6) is -0.191. The van der Waals surface area contributed by atoms with Gasteiger partial charge in [-0.25, -0.2) is 0 Å². The van der Waals surface area contributed by atoms with Crippen LogP contribution >= 0.6 is 0 Å². The molecule has 1 aromatic rings. The highest BCUT2D eigenvalue weighted by Crippen LogP contribution is 2.18. The van der Waals surface area contributed by atoms with Crippen molar-refractivity contribution in [3.8, 4) is 0 Å². The summed E-state index contributed by atoms with van der Waals surface area (Å²) in [6.07, 6.45) is 1.78. The van der Waals surface area contributed by atoms with Crippen molar-refractivity contribution in [1.29, 1.82) is 0 Å². The van der Waals surface area contributed by atoms with Gasteiger partial charge in [0.1, 0.15) is 0 Å². The molecular formula is C17H24N2O3. The predicted octanol–water partition coefficient (Wildman–Crippen LogP) is 1.43. The van der Waals surface area contributed by atoms with Gasteiger partial charge in [0.05, 0.1) is 12.0 Å². The number of hydrogen-bond acceptors (Lipinski definition) is 3. The molecule has 5 heteroatoms. The van der Waals surface area contributed by atoms with E-state index in [1.54, 1.807) is 24.0 Å². The zero-order valence-electron chi connectivity index (χ0n) is 13.0. The Balaban J connectivity index is 1.88. The highest BCUT2D eigenvalue weighted by atomic mass is 16.3. The second-order valence-electron chi connectivity index (χ2n) is 5.89. The Morgan fingerprint density at radius 1 is 1.36 bits per heavy atom. The number of benzene rings is 1. The normalized spacial score (nSPS) is 19.5. The van der Waals surface area contributed by atoms with Gasteiger partial charge in [-0.15, -0.1) is 0 Å². The SMILES string of the molecule is CC(O)CCNC(=O)C1CCCN(C(=O)c2ccccc2)C1. The highest BCUT2D eigenvalue weighted by Gasteiger charge is 2.28. The highest BCUT2D eigenvalue weighted by molar-refractivity contribution is 5.94. The number of carbonyl (C=O) groups is 2. The average Bonchev–Trinajstić information content (AvgIpc) is 2.54. The molecule has 2 rings (SSSR count). The molecule has 2 N–H and O–H groups in total. The van der Waals surface area contributed by atoms with E-state index >= 15 is 0 Å². The molecular weight excluding hydrogens is 280 g/mol. The van der Waals surface area contributed by atoms with Crippen LogP contribution < -0.4 is 5.32 Å². The third-order valence-electron chi connectivity index (χ3n) is 3.96. The van der Waals surface area contributed by atoms with E-state index in [0.29, 0.717) is 31.6 Å². The maximum Gasteiger partial charge on any atom is 0.253 e. The van der Waals surface area contributed by atoms with Gasteiger partial charge in [0.2, 0.25) is 5.91 Å². The first-order valence-corrected chi connectivity index (χ1v) is 7.88. The molecule has 0 aliphatic carbocycles. The number of rotatable bonds is 5. The molecule has 0 radical (unpaired) electrons. The summed E-state index contributed by atoms with van der Waals surface area (Å²) < 4.78 is 0. The molecule has 22 heavy (non-hydrogen) atoms. The molecule has 0 aromatic heterocycles. The number of piperidine rings is 1. The molecule has 0 spiro atoms. The molecule has 2 unspecified atom stereocenters. The van der Waals surface area contributed by atoms with Crippen LogP contribution in [0.4, 0.5) is 0 Å². The molecule has 1 aliphatic heterocycles. The van der Waals surface area contributed by atoms with Gasteiger partial charge in [0.25, 0.3) is 5.91 Å². The predicted molar refractivity (Wildman–Crippen MR) is 84.4 cm³/mol. The molecule has 1 aliphatic rings. The Morgan fingerprint density at radius 2 is 2.09 bits per heavy atom. The van der Waals surface area contributed by atoms with E-state index in [9.17, 15) is 14.7 Å². The standard InChI is InChI=1S/C17H24N2O3/c1-13(20)9-10-18-16(21)15-8-5-11-19(12-15)17(22)14-6-3-2-4-7-14/h2-4,6-7,13,15,20H,5,8-12H2,1H3,(H,18,21). The third kappa shape index (κ3) is 4.56. The first kappa shape index (κ1) is 16.5. The third-order valence-corrected chi connectivity index (χ3v) is 3.96. The number of amides is 2. The average molecular weight is 304 g/mol. The lowest BCUT2D eigenvalue weighted by Gasteiger charge is -2.32. The lowest BCUT2D eigenvalue weighted by molar-refractivity contribution is -0.126. The van der Waals surface area contributed by atoms with E-state index < -0.39 is 6.10 Å². The Bertz CT molecular complexity index is 502. The lowest BCUT2D eigenvalue weighted by atomic mass is 9.96. The minimum atomic E-state index is -0.414. The van der Waals surface area contributed by atoms with Gasteiger partial charge < -0.3 is 15.3 Å². The van der Waals surface area contributed by atoms with Crippen molar-refractivity contribution in [2.75, 3.05) is 19.6 Å². The van der Waals surface area contributed by atoms with Crippen LogP contribution in [0.5, 0.6) is 0 Å². The second kappa shape index (κ2) is 7.94. The van der Waals surface area contributed by atoms with Crippen LogP contribution in [0.15, 0.2) is 30.3 Å². The van der Waals surface area contributed by atoms with Crippen LogP contribution in [0.25, 0.3) is 0 Å². The molecule has 1 saturated heterocycles. The lowest BCUT2D eigenvalue weighted by Crippen LogP contribution is -2.45. The topological polar surface area (TPSA) is 69.6 Å². The fraction of sp³-hybridized carbons (Fsp3) is 0.529. The minimum absolute atomic E-state index is 0.0120. The molecule has 0 bridgehead atoms. The first-order chi connectivity index (χ1) is 10.6. The summed E-state index contributed by atoms with van der Waals surface area (Å²) in [5, 5.41) is 12.1. The molecule has 2 atom stereocenters. The van der Waals surface area contributed by atoms with Crippen LogP contribution in [0, 0.1) is 5.92 Å². The van der Waals surface area contributed by atoms with Gasteiger partial charge in [0, 0.05) is 25.2 Å². The summed E-state index contributed by atoms with van der Waals surface area (Å²) in [5.41, 5.74) is 0.665. The zero-order valence-corrected chi connectivity index (χ0v) is 13.0. The largest absolute Gasteiger partial charge is 0.393 e. The zero-order chi connectivity index (χ0) is 15.9. The van der Waals surface area contributed by atoms with Crippen LogP contribution in [0.1, 0.15) is 36.5 Å². The maximum absolute atomic E-state index is 12.4. The van der Waals surface area contributed by atoms with E-state index in [0.717, 1.165) is 12.8 Å². The number of hydrogen-bond donors (Lipinski definition) is 2. The van der Waals surface area contributed by atoms with Crippen LogP contribution in [-0.2, 0) is 4.79 Å². The second-order valence-corrected chi connectivity index (χ2v) is 5.89. The number of nitrogens with one attached hydrogen (secondary N) is 1. The van der Waals surface area contributed by atoms with Gasteiger partial charge in [0.15, 0.2) is 0 Å². The van der Waals surface area contributed by atoms with E-state index in [2.05, 4.69) is 5.32 Å². The smallest absolute Gasteiger partial charge is 0.253 e. The maximum atomic E-state index is 12.4. The van der Waals surface area contributed by atoms with E-state index in [4.69, 9.17) is 0 Å². The molecule has 1 fully saturated rings. The summed E-state index contributed by atoms with van der Waals surface area (Å²) in [6, 6.07) is 9.17. The Kier molecular flexibility index (Phi) is 5.95. The molecule has 1 aromatic carbocycles. The van der Waals surface area contributed by atoms with E-state index in [1.165, 1.54) is 0 Å². The number of likely N-dealkylation sites (tertiary alicyclic amines) is 1. The van der Waals surface area contributed by atoms with Crippen LogP contribution in [0.2, 0.25) is 0 Å². The minimum Gasteiger partial charge on any atom is -0.393 e. The monoisotopic (exact) mass is 304 g/mol. The fourth-order valence-corrected chi connectivity index (χ4v) is 2.69. The van der Waals surface area contributed by atoms with Gasteiger partial charge >= 0.3 is 0 Å².